The molecule has 0 heterocycles. The lowest BCUT2D eigenvalue weighted by atomic mass is 9.81. The number of alkyl halides is 2. The molecule has 0 rings (SSSR count). The van der Waals surface area contributed by atoms with Crippen molar-refractivity contribution in [1.82, 2.24) is 0 Å². The summed E-state index contributed by atoms with van der Waals surface area (Å²) in [4.78, 5) is 0. The van der Waals surface area contributed by atoms with Gasteiger partial charge in [0.15, 0.2) is 0 Å². The molecule has 0 aromatic rings. The second kappa shape index (κ2) is 2.96. The summed E-state index contributed by atoms with van der Waals surface area (Å²) < 4.78 is 24.2. The Bertz CT molecular complexity index is 138. The fraction of sp³-hybridized carbons (Fsp3) is 0.857. The monoisotopic (exact) mass is 147 g/mol. The quantitative estimate of drug-likeness (QED) is 0.588. The van der Waals surface area contributed by atoms with Crippen LogP contribution in [0.1, 0.15) is 20.8 Å². The van der Waals surface area contributed by atoms with Crippen LogP contribution in [-0.4, -0.2) is 6.43 Å². The molecule has 0 fully saturated rings. The number of hydrogen-bond donors (Lipinski definition) is 0. The van der Waals surface area contributed by atoms with Crippen LogP contribution in [0.3, 0.4) is 0 Å². The van der Waals surface area contributed by atoms with E-state index in [1.165, 1.54) is 6.92 Å². The predicted octanol–water partition coefficient (Wildman–Crippen LogP) is 2.44. The smallest absolute Gasteiger partial charge is 0.209 e. The Morgan fingerprint density at radius 1 is 1.40 bits per heavy atom. The van der Waals surface area contributed by atoms with E-state index >= 15 is 0 Å². The third kappa shape index (κ3) is 1.44. The van der Waals surface area contributed by atoms with Gasteiger partial charge < -0.3 is 0 Å². The standard InChI is InChI=1S/C7H11F2N/c1-5(2)7(3,4-10)6(8)9/h5-6H,1-3H3. The van der Waals surface area contributed by atoms with Gasteiger partial charge >= 0.3 is 0 Å². The molecule has 10 heavy (non-hydrogen) atoms. The van der Waals surface area contributed by atoms with E-state index in [0.717, 1.165) is 0 Å². The summed E-state index contributed by atoms with van der Waals surface area (Å²) >= 11 is 0. The zero-order valence-electron chi connectivity index (χ0n) is 6.36. The van der Waals surface area contributed by atoms with Gasteiger partial charge in [0.25, 0.3) is 6.43 Å². The molecule has 0 radical (unpaired) electrons. The van der Waals surface area contributed by atoms with Gasteiger partial charge in [-0.05, 0) is 12.8 Å². The molecular formula is C7H11F2N. The lowest BCUT2D eigenvalue weighted by molar-refractivity contribution is 0.0155. The Labute approximate surface area is 59.7 Å². The summed E-state index contributed by atoms with van der Waals surface area (Å²) in [5.41, 5.74) is -1.49. The van der Waals surface area contributed by atoms with Crippen LogP contribution < -0.4 is 0 Å². The fourth-order valence-corrected chi connectivity index (χ4v) is 0.430. The Balaban J connectivity index is 4.43. The maximum Gasteiger partial charge on any atom is 0.256 e. The second-order valence-corrected chi connectivity index (χ2v) is 2.85. The molecule has 0 aromatic carbocycles. The lowest BCUT2D eigenvalue weighted by Gasteiger charge is -2.24. The summed E-state index contributed by atoms with van der Waals surface area (Å²) in [7, 11) is 0. The van der Waals surface area contributed by atoms with E-state index in [2.05, 4.69) is 0 Å². The largest absolute Gasteiger partial charge is 0.256 e. The first-order chi connectivity index (χ1) is 4.45. The maximum atomic E-state index is 12.1. The molecule has 0 amide bonds. The molecule has 0 saturated heterocycles. The summed E-state index contributed by atoms with van der Waals surface area (Å²) in [6.07, 6.45) is -2.56. The van der Waals surface area contributed by atoms with E-state index in [1.54, 1.807) is 19.9 Å². The van der Waals surface area contributed by atoms with E-state index in [4.69, 9.17) is 5.26 Å². The van der Waals surface area contributed by atoms with E-state index < -0.39 is 11.8 Å². The van der Waals surface area contributed by atoms with Crippen molar-refractivity contribution >= 4 is 0 Å². The summed E-state index contributed by atoms with van der Waals surface area (Å²) in [6.45, 7) is 4.52. The van der Waals surface area contributed by atoms with Gasteiger partial charge in [-0.1, -0.05) is 13.8 Å². The molecule has 0 bridgehead atoms. The van der Waals surface area contributed by atoms with Crippen LogP contribution in [0.15, 0.2) is 0 Å². The summed E-state index contributed by atoms with van der Waals surface area (Å²) in [6, 6.07) is 1.63. The van der Waals surface area contributed by atoms with Crippen LogP contribution in [0.4, 0.5) is 8.78 Å². The topological polar surface area (TPSA) is 23.8 Å². The van der Waals surface area contributed by atoms with E-state index in [-0.39, 0.29) is 5.92 Å². The molecule has 0 spiro atoms. The number of rotatable bonds is 2. The van der Waals surface area contributed by atoms with Crippen LogP contribution in [0.25, 0.3) is 0 Å². The first-order valence-corrected chi connectivity index (χ1v) is 3.14. The van der Waals surface area contributed by atoms with Gasteiger partial charge in [0.1, 0.15) is 5.41 Å². The molecule has 0 aliphatic carbocycles. The van der Waals surface area contributed by atoms with Crippen molar-refractivity contribution in [1.29, 1.82) is 5.26 Å². The van der Waals surface area contributed by atoms with Crippen LogP contribution in [-0.2, 0) is 0 Å². The van der Waals surface area contributed by atoms with Crippen LogP contribution in [0.2, 0.25) is 0 Å². The van der Waals surface area contributed by atoms with Crippen molar-refractivity contribution in [3.05, 3.63) is 0 Å². The highest BCUT2D eigenvalue weighted by Crippen LogP contribution is 2.32. The molecule has 1 nitrogen and oxygen atoms in total. The van der Waals surface area contributed by atoms with Crippen molar-refractivity contribution in [2.75, 3.05) is 0 Å². The Morgan fingerprint density at radius 2 is 1.80 bits per heavy atom. The number of nitriles is 1. The Hall–Kier alpha value is -0.650. The number of nitrogens with zero attached hydrogens (tertiary/aromatic N) is 1. The predicted molar refractivity (Wildman–Crippen MR) is 34.6 cm³/mol. The van der Waals surface area contributed by atoms with E-state index in [0.29, 0.717) is 0 Å². The normalized spacial score (nSPS) is 17.0. The van der Waals surface area contributed by atoms with E-state index in [1.807, 2.05) is 0 Å². The van der Waals surface area contributed by atoms with Crippen molar-refractivity contribution in [2.45, 2.75) is 27.2 Å². The van der Waals surface area contributed by atoms with Gasteiger partial charge in [0, 0.05) is 0 Å². The lowest BCUT2D eigenvalue weighted by Crippen LogP contribution is -2.29. The highest BCUT2D eigenvalue weighted by atomic mass is 19.3. The Morgan fingerprint density at radius 3 is 1.80 bits per heavy atom. The van der Waals surface area contributed by atoms with Crippen molar-refractivity contribution in [3.8, 4) is 6.07 Å². The zero-order chi connectivity index (χ0) is 8.36. The SMILES string of the molecule is CC(C)C(C)(C#N)C(F)F. The van der Waals surface area contributed by atoms with Crippen molar-refractivity contribution in [3.63, 3.8) is 0 Å². The van der Waals surface area contributed by atoms with E-state index in [9.17, 15) is 8.78 Å². The second-order valence-electron chi connectivity index (χ2n) is 2.85. The minimum Gasteiger partial charge on any atom is -0.209 e. The zero-order valence-corrected chi connectivity index (χ0v) is 6.36. The van der Waals surface area contributed by atoms with Gasteiger partial charge in [0.05, 0.1) is 6.07 Å². The highest BCUT2D eigenvalue weighted by Gasteiger charge is 2.38. The average Bonchev–Trinajstić information content (AvgIpc) is 1.85. The molecule has 0 N–H and O–H groups in total. The van der Waals surface area contributed by atoms with Crippen LogP contribution in [0.5, 0.6) is 0 Å². The van der Waals surface area contributed by atoms with Crippen molar-refractivity contribution < 1.29 is 8.78 Å². The Kier molecular flexibility index (Phi) is 2.77. The van der Waals surface area contributed by atoms with Crippen LogP contribution in [0, 0.1) is 22.7 Å². The third-order valence-electron chi connectivity index (χ3n) is 1.89. The molecule has 3 heteroatoms. The molecule has 0 saturated carbocycles. The van der Waals surface area contributed by atoms with Gasteiger partial charge in [0.2, 0.25) is 0 Å². The number of halogens is 2. The first kappa shape index (κ1) is 9.35. The average molecular weight is 147 g/mol. The molecular weight excluding hydrogens is 136 g/mol. The maximum absolute atomic E-state index is 12.1. The fourth-order valence-electron chi connectivity index (χ4n) is 0.430. The third-order valence-corrected chi connectivity index (χ3v) is 1.89. The molecule has 1 unspecified atom stereocenters. The molecule has 58 valence electrons. The molecule has 0 aromatic heterocycles. The molecule has 0 aliphatic heterocycles. The number of hydrogen-bond acceptors (Lipinski definition) is 1. The molecule has 0 aliphatic rings. The van der Waals surface area contributed by atoms with Gasteiger partial charge in [-0.3, -0.25) is 0 Å². The minimum atomic E-state index is -2.56. The summed E-state index contributed by atoms with van der Waals surface area (Å²) in [5, 5.41) is 8.40. The highest BCUT2D eigenvalue weighted by molar-refractivity contribution is 4.99. The molecule has 1 atom stereocenters. The van der Waals surface area contributed by atoms with Gasteiger partial charge in [-0.2, -0.15) is 5.26 Å². The van der Waals surface area contributed by atoms with Crippen LogP contribution >= 0.6 is 0 Å². The van der Waals surface area contributed by atoms with Crippen molar-refractivity contribution in [2.24, 2.45) is 11.3 Å². The van der Waals surface area contributed by atoms with Gasteiger partial charge in [-0.15, -0.1) is 0 Å². The van der Waals surface area contributed by atoms with Gasteiger partial charge in [-0.25, -0.2) is 8.78 Å². The minimum absolute atomic E-state index is 0.308. The summed E-state index contributed by atoms with van der Waals surface area (Å²) in [5.74, 6) is -0.308. The first-order valence-electron chi connectivity index (χ1n) is 3.14.